The Hall–Kier alpha value is -2.24. The first-order chi connectivity index (χ1) is 16.0. The maximum Gasteiger partial charge on any atom is 0.127 e. The van der Waals surface area contributed by atoms with Crippen LogP contribution in [0.2, 0.25) is 5.02 Å². The smallest absolute Gasteiger partial charge is 0.127 e. The van der Waals surface area contributed by atoms with Crippen molar-refractivity contribution in [2.75, 3.05) is 33.4 Å². The second kappa shape index (κ2) is 10.8. The molecule has 5 nitrogen and oxygen atoms in total. The van der Waals surface area contributed by atoms with Gasteiger partial charge in [0, 0.05) is 23.8 Å². The highest BCUT2D eigenvalue weighted by Gasteiger charge is 2.35. The fourth-order valence-corrected chi connectivity index (χ4v) is 5.14. The molecule has 3 heterocycles. The van der Waals surface area contributed by atoms with Crippen LogP contribution in [0.1, 0.15) is 42.3 Å². The highest BCUT2D eigenvalue weighted by atomic mass is 35.5. The van der Waals surface area contributed by atoms with Gasteiger partial charge in [-0.25, -0.2) is 4.39 Å². The van der Waals surface area contributed by atoms with Crippen molar-refractivity contribution in [1.29, 1.82) is 0 Å². The third-order valence-electron chi connectivity index (χ3n) is 6.51. The number of methoxy groups -OCH3 is 1. The normalized spacial score (nSPS) is 16.8. The summed E-state index contributed by atoms with van der Waals surface area (Å²) in [6, 6.07) is 5.39. The van der Waals surface area contributed by atoms with Gasteiger partial charge in [0.25, 0.3) is 0 Å². The third-order valence-corrected chi connectivity index (χ3v) is 7.50. The van der Waals surface area contributed by atoms with Crippen molar-refractivity contribution < 1.29 is 14.2 Å². The molecule has 1 N–H and O–H groups in total. The van der Waals surface area contributed by atoms with Crippen molar-refractivity contribution in [3.05, 3.63) is 51.6 Å². The van der Waals surface area contributed by atoms with Crippen molar-refractivity contribution in [2.24, 2.45) is 5.41 Å². The van der Waals surface area contributed by atoms with Crippen molar-refractivity contribution in [2.45, 2.75) is 31.9 Å². The molecule has 8 heteroatoms. The zero-order chi connectivity index (χ0) is 23.3. The van der Waals surface area contributed by atoms with E-state index in [1.54, 1.807) is 30.9 Å². The van der Waals surface area contributed by atoms with Crippen LogP contribution in [0.25, 0.3) is 10.9 Å². The van der Waals surface area contributed by atoms with E-state index in [1.165, 1.54) is 17.5 Å². The average molecular weight is 488 g/mol. The van der Waals surface area contributed by atoms with E-state index < -0.39 is 6.17 Å². The minimum atomic E-state index is -1.25. The number of aliphatic hydroxyl groups excluding tert-OH is 1. The molecule has 0 saturated carbocycles. The molecule has 1 aliphatic heterocycles. The number of alkyl halides is 1. The van der Waals surface area contributed by atoms with Crippen molar-refractivity contribution in [3.63, 3.8) is 0 Å². The summed E-state index contributed by atoms with van der Waals surface area (Å²) >= 11 is 7.90. The number of thiazole rings is 1. The predicted molar refractivity (Wildman–Crippen MR) is 131 cm³/mol. The Balaban J connectivity index is 1.39. The summed E-state index contributed by atoms with van der Waals surface area (Å²) in [5.74, 6) is 6.97. The Morgan fingerprint density at radius 1 is 1.33 bits per heavy atom. The molecule has 0 spiro atoms. The number of aliphatic hydroxyl groups is 1. The van der Waals surface area contributed by atoms with Crippen molar-refractivity contribution in [1.82, 2.24) is 14.9 Å². The van der Waals surface area contributed by atoms with Crippen LogP contribution in [0.5, 0.6) is 5.75 Å². The monoisotopic (exact) mass is 487 g/mol. The molecule has 1 aromatic carbocycles. The number of aromatic nitrogens is 2. The van der Waals surface area contributed by atoms with Gasteiger partial charge in [0.15, 0.2) is 0 Å². The van der Waals surface area contributed by atoms with Gasteiger partial charge >= 0.3 is 0 Å². The number of piperidine rings is 1. The second-order valence-corrected chi connectivity index (χ2v) is 9.80. The van der Waals surface area contributed by atoms with E-state index in [0.717, 1.165) is 30.8 Å². The molecular weight excluding hydrogens is 461 g/mol. The molecule has 1 atom stereocenters. The molecule has 0 aliphatic carbocycles. The predicted octanol–water partition coefficient (Wildman–Crippen LogP) is 5.27. The van der Waals surface area contributed by atoms with E-state index in [9.17, 15) is 5.11 Å². The van der Waals surface area contributed by atoms with Gasteiger partial charge in [-0.2, -0.15) is 0 Å². The Kier molecular flexibility index (Phi) is 7.82. The van der Waals surface area contributed by atoms with E-state index >= 15 is 4.39 Å². The van der Waals surface area contributed by atoms with Gasteiger partial charge in [-0.1, -0.05) is 23.4 Å². The molecule has 4 rings (SSSR count). The van der Waals surface area contributed by atoms with Crippen LogP contribution in [-0.2, 0) is 0 Å². The number of hydrogen-bond donors (Lipinski definition) is 1. The Labute approximate surface area is 202 Å². The highest BCUT2D eigenvalue weighted by Crippen LogP contribution is 2.41. The number of benzene rings is 1. The van der Waals surface area contributed by atoms with Crippen molar-refractivity contribution in [3.8, 4) is 17.6 Å². The maximum atomic E-state index is 15.5. The van der Waals surface area contributed by atoms with E-state index in [-0.39, 0.29) is 12.0 Å². The van der Waals surface area contributed by atoms with Crippen LogP contribution >= 0.6 is 22.9 Å². The molecular formula is C25H27ClFN3O2S. The summed E-state index contributed by atoms with van der Waals surface area (Å²) in [7, 11) is 1.58. The molecule has 1 saturated heterocycles. The Morgan fingerprint density at radius 2 is 2.15 bits per heavy atom. The SMILES string of the molecule is COc1ccc2ncc(Cl)c([C@H](F)CCC3(CO)CCN(CC#Cc4cncs4)CC3)c2c1. The fourth-order valence-electron chi connectivity index (χ4n) is 4.38. The summed E-state index contributed by atoms with van der Waals surface area (Å²) in [5, 5.41) is 11.2. The first-order valence-corrected chi connectivity index (χ1v) is 12.3. The number of pyridine rings is 1. The van der Waals surface area contributed by atoms with E-state index in [4.69, 9.17) is 16.3 Å². The molecule has 0 amide bonds. The average Bonchev–Trinajstić information content (AvgIpc) is 3.36. The molecule has 3 aromatic rings. The van der Waals surface area contributed by atoms with E-state index in [1.807, 2.05) is 6.07 Å². The summed E-state index contributed by atoms with van der Waals surface area (Å²) in [6.07, 6.45) is 4.55. The van der Waals surface area contributed by atoms with Gasteiger partial charge in [-0.15, -0.1) is 11.3 Å². The second-order valence-electron chi connectivity index (χ2n) is 8.51. The standard InChI is InChI=1S/C25H27ClFN3O2S/c1-32-18-4-5-23-20(13-18)24(21(26)15-29-23)22(27)6-7-25(16-31)8-11-30(12-9-25)10-2-3-19-14-28-17-33-19/h4-5,13-15,17,22,31H,6-12,16H2,1H3/t22-/m1/s1. The molecule has 0 bridgehead atoms. The number of rotatable bonds is 7. The van der Waals surface area contributed by atoms with Gasteiger partial charge in [0.2, 0.25) is 0 Å². The summed E-state index contributed by atoms with van der Waals surface area (Å²) in [5.41, 5.74) is 2.63. The minimum Gasteiger partial charge on any atom is -0.497 e. The van der Waals surface area contributed by atoms with Gasteiger partial charge in [-0.05, 0) is 62.4 Å². The first-order valence-electron chi connectivity index (χ1n) is 11.0. The lowest BCUT2D eigenvalue weighted by atomic mass is 9.74. The zero-order valence-corrected chi connectivity index (χ0v) is 20.1. The number of hydrogen-bond acceptors (Lipinski definition) is 6. The number of likely N-dealkylation sites (tertiary alicyclic amines) is 1. The number of fused-ring (bicyclic) bond motifs is 1. The largest absolute Gasteiger partial charge is 0.497 e. The van der Waals surface area contributed by atoms with Gasteiger partial charge < -0.3 is 9.84 Å². The molecule has 0 unspecified atom stereocenters. The fraction of sp³-hybridized carbons (Fsp3) is 0.440. The summed E-state index contributed by atoms with van der Waals surface area (Å²) < 4.78 is 20.8. The van der Waals surface area contributed by atoms with Gasteiger partial charge in [0.1, 0.15) is 11.9 Å². The first kappa shape index (κ1) is 23.9. The molecule has 33 heavy (non-hydrogen) atoms. The quantitative estimate of drug-likeness (QED) is 0.460. The van der Waals surface area contributed by atoms with E-state index in [2.05, 4.69) is 26.7 Å². The molecule has 2 aromatic heterocycles. The minimum absolute atomic E-state index is 0.0543. The van der Waals surface area contributed by atoms with Gasteiger partial charge in [0.05, 0.1) is 40.8 Å². The lowest BCUT2D eigenvalue weighted by Gasteiger charge is -2.40. The number of halogens is 2. The molecule has 0 radical (unpaired) electrons. The number of nitrogens with zero attached hydrogens (tertiary/aromatic N) is 3. The molecule has 1 aliphatic rings. The Bertz CT molecular complexity index is 1140. The third kappa shape index (κ3) is 5.64. The topological polar surface area (TPSA) is 58.5 Å². The van der Waals surface area contributed by atoms with Crippen LogP contribution in [-0.4, -0.2) is 53.3 Å². The Morgan fingerprint density at radius 3 is 2.85 bits per heavy atom. The lowest BCUT2D eigenvalue weighted by Crippen LogP contribution is -2.42. The molecule has 1 fully saturated rings. The van der Waals surface area contributed by atoms with Crippen LogP contribution in [0.15, 0.2) is 36.1 Å². The summed E-state index contributed by atoms with van der Waals surface area (Å²) in [6.45, 7) is 2.42. The van der Waals surface area contributed by atoms with Crippen LogP contribution in [0.4, 0.5) is 4.39 Å². The van der Waals surface area contributed by atoms with Crippen molar-refractivity contribution >= 4 is 33.8 Å². The lowest BCUT2D eigenvalue weighted by molar-refractivity contribution is 0.0344. The zero-order valence-electron chi connectivity index (χ0n) is 18.6. The number of ether oxygens (including phenoxy) is 1. The molecule has 174 valence electrons. The van der Waals surface area contributed by atoms with Crippen LogP contribution in [0.3, 0.4) is 0 Å². The van der Waals surface area contributed by atoms with Gasteiger partial charge in [-0.3, -0.25) is 14.9 Å². The highest BCUT2D eigenvalue weighted by molar-refractivity contribution is 7.10. The summed E-state index contributed by atoms with van der Waals surface area (Å²) in [4.78, 5) is 11.6. The maximum absolute atomic E-state index is 15.5. The van der Waals surface area contributed by atoms with E-state index in [0.29, 0.717) is 46.6 Å². The van der Waals surface area contributed by atoms with Crippen LogP contribution in [0, 0.1) is 17.3 Å². The van der Waals surface area contributed by atoms with Crippen LogP contribution < -0.4 is 4.74 Å².